The molecular formula is C16H13FN2O4. The molecule has 0 atom stereocenters. The largest absolute Gasteiger partial charge is 0.331 e. The van der Waals surface area contributed by atoms with Gasteiger partial charge in [0.1, 0.15) is 5.82 Å². The van der Waals surface area contributed by atoms with E-state index in [0.717, 1.165) is 0 Å². The molecule has 0 unspecified atom stereocenters. The molecule has 0 saturated heterocycles. The maximum atomic E-state index is 13.0. The first-order chi connectivity index (χ1) is 11.0. The number of hydrogen-bond acceptors (Lipinski definition) is 5. The van der Waals surface area contributed by atoms with Crippen molar-refractivity contribution < 1.29 is 18.9 Å². The van der Waals surface area contributed by atoms with Gasteiger partial charge in [0.15, 0.2) is 0 Å². The van der Waals surface area contributed by atoms with Gasteiger partial charge in [0.05, 0.1) is 10.6 Å². The van der Waals surface area contributed by atoms with Crippen molar-refractivity contribution in [2.45, 2.75) is 13.3 Å². The molecular weight excluding hydrogens is 303 g/mol. The first kappa shape index (κ1) is 16.3. The molecule has 118 valence electrons. The Morgan fingerprint density at radius 3 is 2.48 bits per heavy atom. The van der Waals surface area contributed by atoms with E-state index in [1.807, 2.05) is 0 Å². The van der Waals surface area contributed by atoms with Crippen molar-refractivity contribution in [2.24, 2.45) is 5.16 Å². The third kappa shape index (κ3) is 4.44. The van der Waals surface area contributed by atoms with E-state index in [1.165, 1.54) is 37.3 Å². The summed E-state index contributed by atoms with van der Waals surface area (Å²) in [6, 6.07) is 11.6. The van der Waals surface area contributed by atoms with Gasteiger partial charge in [-0.15, -0.1) is 0 Å². The molecule has 0 amide bonds. The van der Waals surface area contributed by atoms with Crippen molar-refractivity contribution in [1.82, 2.24) is 0 Å². The van der Waals surface area contributed by atoms with E-state index in [-0.39, 0.29) is 17.8 Å². The number of oxime groups is 1. The van der Waals surface area contributed by atoms with Crippen molar-refractivity contribution >= 4 is 17.4 Å². The Labute approximate surface area is 131 Å². The molecule has 0 radical (unpaired) electrons. The molecule has 0 aliphatic heterocycles. The van der Waals surface area contributed by atoms with Crippen LogP contribution in [0.5, 0.6) is 0 Å². The zero-order valence-corrected chi connectivity index (χ0v) is 12.2. The van der Waals surface area contributed by atoms with Crippen molar-refractivity contribution in [3.63, 3.8) is 0 Å². The van der Waals surface area contributed by atoms with E-state index in [0.29, 0.717) is 11.1 Å². The zero-order chi connectivity index (χ0) is 16.8. The van der Waals surface area contributed by atoms with Crippen LogP contribution >= 0.6 is 0 Å². The Bertz CT molecular complexity index is 757. The molecule has 6 nitrogen and oxygen atoms in total. The number of para-hydroxylation sites is 1. The highest BCUT2D eigenvalue weighted by atomic mass is 19.1. The second-order valence-corrected chi connectivity index (χ2v) is 4.69. The van der Waals surface area contributed by atoms with Gasteiger partial charge in [-0.25, -0.2) is 9.18 Å². The number of hydrogen-bond donors (Lipinski definition) is 0. The first-order valence-electron chi connectivity index (χ1n) is 6.70. The Morgan fingerprint density at radius 1 is 1.22 bits per heavy atom. The minimum atomic E-state index is -0.618. The predicted octanol–water partition coefficient (Wildman–Crippen LogP) is 3.24. The van der Waals surface area contributed by atoms with Gasteiger partial charge in [-0.2, -0.15) is 0 Å². The normalized spacial score (nSPS) is 11.1. The Morgan fingerprint density at radius 2 is 1.87 bits per heavy atom. The average molecular weight is 316 g/mol. The van der Waals surface area contributed by atoms with E-state index >= 15 is 0 Å². The zero-order valence-electron chi connectivity index (χ0n) is 12.2. The molecule has 0 N–H and O–H groups in total. The maximum absolute atomic E-state index is 13.0. The van der Waals surface area contributed by atoms with Crippen molar-refractivity contribution in [1.29, 1.82) is 0 Å². The summed E-state index contributed by atoms with van der Waals surface area (Å²) in [4.78, 5) is 26.2. The third-order valence-corrected chi connectivity index (χ3v) is 3.01. The van der Waals surface area contributed by atoms with Gasteiger partial charge in [0.2, 0.25) is 0 Å². The van der Waals surface area contributed by atoms with Crippen LogP contribution in [0.4, 0.5) is 10.1 Å². The summed E-state index contributed by atoms with van der Waals surface area (Å²) in [6.07, 6.45) is 0.0655. The highest BCUT2D eigenvalue weighted by Crippen LogP contribution is 2.20. The van der Waals surface area contributed by atoms with Crippen LogP contribution in [0.3, 0.4) is 0 Å². The van der Waals surface area contributed by atoms with Crippen LogP contribution in [0.15, 0.2) is 53.7 Å². The van der Waals surface area contributed by atoms with Crippen LogP contribution in [0.2, 0.25) is 0 Å². The number of benzene rings is 2. The molecule has 2 rings (SSSR count). The SMILES string of the molecule is CC(=O)ON=C(Cc1ccccc1[N+](=O)[O-])c1ccc(F)cc1. The summed E-state index contributed by atoms with van der Waals surface area (Å²) in [6.45, 7) is 1.19. The van der Waals surface area contributed by atoms with E-state index in [2.05, 4.69) is 9.99 Å². The molecule has 0 heterocycles. The van der Waals surface area contributed by atoms with Crippen LogP contribution in [0, 0.1) is 15.9 Å². The topological polar surface area (TPSA) is 81.8 Å². The van der Waals surface area contributed by atoms with Gasteiger partial charge in [-0.1, -0.05) is 35.5 Å². The van der Waals surface area contributed by atoms with E-state index in [4.69, 9.17) is 0 Å². The number of carbonyl (C=O) groups excluding carboxylic acids is 1. The minimum Gasteiger partial charge on any atom is -0.318 e. The van der Waals surface area contributed by atoms with Gasteiger partial charge < -0.3 is 4.84 Å². The molecule has 0 aliphatic carbocycles. The molecule has 2 aromatic rings. The summed E-state index contributed by atoms with van der Waals surface area (Å²) in [5.74, 6) is -1.04. The second kappa shape index (κ2) is 7.26. The van der Waals surface area contributed by atoms with Gasteiger partial charge in [-0.05, 0) is 17.7 Å². The highest BCUT2D eigenvalue weighted by Gasteiger charge is 2.16. The first-order valence-corrected chi connectivity index (χ1v) is 6.70. The lowest BCUT2D eigenvalue weighted by Gasteiger charge is -2.07. The smallest absolute Gasteiger partial charge is 0.318 e. The van der Waals surface area contributed by atoms with E-state index in [9.17, 15) is 19.3 Å². The Kier molecular flexibility index (Phi) is 5.14. The maximum Gasteiger partial charge on any atom is 0.331 e. The van der Waals surface area contributed by atoms with Crippen LogP contribution < -0.4 is 0 Å². The van der Waals surface area contributed by atoms with Crippen molar-refractivity contribution in [3.05, 3.63) is 75.6 Å². The van der Waals surface area contributed by atoms with Gasteiger partial charge in [0.25, 0.3) is 5.69 Å². The number of carbonyl (C=O) groups is 1. The Hall–Kier alpha value is -3.09. The van der Waals surface area contributed by atoms with Crippen LogP contribution in [-0.2, 0) is 16.1 Å². The molecule has 0 saturated carbocycles. The monoisotopic (exact) mass is 316 g/mol. The lowest BCUT2D eigenvalue weighted by atomic mass is 10.0. The number of nitrogens with zero attached hydrogens (tertiary/aromatic N) is 2. The van der Waals surface area contributed by atoms with Crippen LogP contribution in [-0.4, -0.2) is 16.6 Å². The fourth-order valence-electron chi connectivity index (χ4n) is 1.97. The van der Waals surface area contributed by atoms with Gasteiger partial charge in [0, 0.05) is 25.0 Å². The second-order valence-electron chi connectivity index (χ2n) is 4.69. The summed E-state index contributed by atoms with van der Waals surface area (Å²) >= 11 is 0. The molecule has 0 bridgehead atoms. The standard InChI is InChI=1S/C16H13FN2O4/c1-11(20)23-18-15(12-6-8-14(17)9-7-12)10-13-4-2-3-5-16(13)19(21)22/h2-9H,10H2,1H3. The predicted molar refractivity (Wildman–Crippen MR) is 81.5 cm³/mol. The number of rotatable bonds is 5. The van der Waals surface area contributed by atoms with Crippen molar-refractivity contribution in [2.75, 3.05) is 0 Å². The molecule has 0 fully saturated rings. The molecule has 0 spiro atoms. The summed E-state index contributed by atoms with van der Waals surface area (Å²) in [5.41, 5.74) is 1.14. The third-order valence-electron chi connectivity index (χ3n) is 3.01. The van der Waals surface area contributed by atoms with Gasteiger partial charge in [-0.3, -0.25) is 10.1 Å². The minimum absolute atomic E-state index is 0.0647. The van der Waals surface area contributed by atoms with Gasteiger partial charge >= 0.3 is 5.97 Å². The fourth-order valence-corrected chi connectivity index (χ4v) is 1.97. The molecule has 7 heteroatoms. The summed E-state index contributed by atoms with van der Waals surface area (Å²) in [7, 11) is 0. The molecule has 0 aliphatic rings. The molecule has 23 heavy (non-hydrogen) atoms. The number of halogens is 1. The average Bonchev–Trinajstić information content (AvgIpc) is 2.52. The van der Waals surface area contributed by atoms with Crippen LogP contribution in [0.1, 0.15) is 18.1 Å². The number of nitro benzene ring substituents is 1. The van der Waals surface area contributed by atoms with E-state index in [1.54, 1.807) is 18.2 Å². The molecule has 2 aromatic carbocycles. The number of nitro groups is 1. The van der Waals surface area contributed by atoms with Crippen molar-refractivity contribution in [3.8, 4) is 0 Å². The quantitative estimate of drug-likeness (QED) is 0.367. The molecule has 0 aromatic heterocycles. The van der Waals surface area contributed by atoms with E-state index < -0.39 is 16.7 Å². The summed E-state index contributed by atoms with van der Waals surface area (Å²) in [5, 5.41) is 14.8. The van der Waals surface area contributed by atoms with Crippen LogP contribution in [0.25, 0.3) is 0 Å². The lowest BCUT2D eigenvalue weighted by Crippen LogP contribution is -2.09. The fraction of sp³-hybridized carbons (Fsp3) is 0.125. The summed E-state index contributed by atoms with van der Waals surface area (Å²) < 4.78 is 13.0. The lowest BCUT2D eigenvalue weighted by molar-refractivity contribution is -0.385. The Balaban J connectivity index is 2.39. The highest BCUT2D eigenvalue weighted by molar-refractivity contribution is 6.02.